The second-order valence-corrected chi connectivity index (χ2v) is 7.63. The Balaban J connectivity index is 1.57. The van der Waals surface area contributed by atoms with E-state index in [9.17, 15) is 0 Å². The van der Waals surface area contributed by atoms with Crippen LogP contribution in [0, 0.1) is 0 Å². The third-order valence-electron chi connectivity index (χ3n) is 5.84. The summed E-state index contributed by atoms with van der Waals surface area (Å²) in [5.74, 6) is 0.894. The van der Waals surface area contributed by atoms with Gasteiger partial charge in [0.2, 0.25) is 0 Å². The number of likely N-dealkylation sites (tertiary alicyclic amines) is 1. The molecule has 1 saturated carbocycles. The van der Waals surface area contributed by atoms with Gasteiger partial charge in [0.1, 0.15) is 0 Å². The Morgan fingerprint density at radius 3 is 2.48 bits per heavy atom. The standard InChI is InChI=1S/C19H34N6/c1-20-18(21-13-17-14-23-24(2)15-17)22-16-19(9-5-3-6-10-19)25-11-7-4-8-12-25/h14-15H,3-13,16H2,1-2H3,(H2,20,21,22). The maximum atomic E-state index is 4.42. The summed E-state index contributed by atoms with van der Waals surface area (Å²) in [6.45, 7) is 4.29. The van der Waals surface area contributed by atoms with Crippen molar-refractivity contribution < 1.29 is 0 Å². The highest BCUT2D eigenvalue weighted by atomic mass is 15.3. The smallest absolute Gasteiger partial charge is 0.191 e. The van der Waals surface area contributed by atoms with Crippen molar-refractivity contribution in [2.75, 3.05) is 26.7 Å². The highest BCUT2D eigenvalue weighted by molar-refractivity contribution is 5.79. The fourth-order valence-electron chi connectivity index (χ4n) is 4.40. The molecule has 1 aliphatic carbocycles. The summed E-state index contributed by atoms with van der Waals surface area (Å²) in [5, 5.41) is 11.3. The largest absolute Gasteiger partial charge is 0.355 e. The van der Waals surface area contributed by atoms with Gasteiger partial charge in [-0.15, -0.1) is 0 Å². The minimum atomic E-state index is 0.324. The summed E-state index contributed by atoms with van der Waals surface area (Å²) in [6.07, 6.45) is 14.8. The molecular weight excluding hydrogens is 312 g/mol. The van der Waals surface area contributed by atoms with E-state index in [2.05, 4.69) is 25.6 Å². The second kappa shape index (κ2) is 8.70. The van der Waals surface area contributed by atoms with E-state index >= 15 is 0 Å². The highest BCUT2D eigenvalue weighted by Gasteiger charge is 2.38. The number of guanidine groups is 1. The van der Waals surface area contributed by atoms with Crippen LogP contribution in [0.5, 0.6) is 0 Å². The maximum absolute atomic E-state index is 4.42. The molecule has 0 unspecified atom stereocenters. The molecule has 2 fully saturated rings. The van der Waals surface area contributed by atoms with Crippen molar-refractivity contribution in [3.8, 4) is 0 Å². The van der Waals surface area contributed by atoms with Crippen molar-refractivity contribution in [1.82, 2.24) is 25.3 Å². The van der Waals surface area contributed by atoms with E-state index in [1.54, 1.807) is 0 Å². The van der Waals surface area contributed by atoms with Crippen LogP contribution in [-0.4, -0.2) is 52.9 Å². The molecule has 6 nitrogen and oxygen atoms in total. The lowest BCUT2D eigenvalue weighted by Crippen LogP contribution is -2.59. The molecule has 3 rings (SSSR count). The molecule has 1 aliphatic heterocycles. The molecular formula is C19H34N6. The molecule has 0 radical (unpaired) electrons. The van der Waals surface area contributed by atoms with Crippen molar-refractivity contribution in [3.05, 3.63) is 18.0 Å². The van der Waals surface area contributed by atoms with E-state index in [0.29, 0.717) is 5.54 Å². The van der Waals surface area contributed by atoms with Crippen LogP contribution in [-0.2, 0) is 13.6 Å². The molecule has 1 saturated heterocycles. The van der Waals surface area contributed by atoms with Gasteiger partial charge in [0.05, 0.1) is 6.20 Å². The van der Waals surface area contributed by atoms with E-state index in [1.807, 2.05) is 31.2 Å². The first-order valence-corrected chi connectivity index (χ1v) is 9.89. The normalized spacial score (nSPS) is 21.9. The fourth-order valence-corrected chi connectivity index (χ4v) is 4.40. The summed E-state index contributed by atoms with van der Waals surface area (Å²) >= 11 is 0. The topological polar surface area (TPSA) is 57.5 Å². The number of hydrogen-bond donors (Lipinski definition) is 2. The monoisotopic (exact) mass is 346 g/mol. The molecule has 1 aromatic heterocycles. The van der Waals surface area contributed by atoms with Gasteiger partial charge in [-0.1, -0.05) is 25.7 Å². The first-order valence-electron chi connectivity index (χ1n) is 9.89. The van der Waals surface area contributed by atoms with E-state index in [1.165, 1.54) is 70.0 Å². The quantitative estimate of drug-likeness (QED) is 0.634. The Labute approximate surface area is 152 Å². The van der Waals surface area contributed by atoms with Gasteiger partial charge in [-0.05, 0) is 38.8 Å². The average molecular weight is 347 g/mol. The Bertz CT molecular complexity index is 552. The minimum absolute atomic E-state index is 0.324. The number of aliphatic imine (C=N–C) groups is 1. The van der Waals surface area contributed by atoms with Crippen molar-refractivity contribution in [2.45, 2.75) is 63.5 Å². The summed E-state index contributed by atoms with van der Waals surface area (Å²) < 4.78 is 1.83. The van der Waals surface area contributed by atoms with Crippen LogP contribution < -0.4 is 10.6 Å². The first kappa shape index (κ1) is 18.2. The third-order valence-corrected chi connectivity index (χ3v) is 5.84. The van der Waals surface area contributed by atoms with Crippen molar-refractivity contribution >= 4 is 5.96 Å². The lowest BCUT2D eigenvalue weighted by Gasteiger charge is -2.48. The van der Waals surface area contributed by atoms with Crippen LogP contribution in [0.3, 0.4) is 0 Å². The van der Waals surface area contributed by atoms with Crippen molar-refractivity contribution in [1.29, 1.82) is 0 Å². The van der Waals surface area contributed by atoms with Crippen LogP contribution in [0.1, 0.15) is 56.9 Å². The molecule has 0 atom stereocenters. The maximum Gasteiger partial charge on any atom is 0.191 e. The molecule has 140 valence electrons. The molecule has 0 aromatic carbocycles. The van der Waals surface area contributed by atoms with E-state index in [0.717, 1.165) is 19.0 Å². The van der Waals surface area contributed by atoms with Gasteiger partial charge < -0.3 is 10.6 Å². The van der Waals surface area contributed by atoms with Crippen molar-refractivity contribution in [3.63, 3.8) is 0 Å². The predicted octanol–water partition coefficient (Wildman–Crippen LogP) is 2.27. The van der Waals surface area contributed by atoms with Gasteiger partial charge in [-0.25, -0.2) is 0 Å². The minimum Gasteiger partial charge on any atom is -0.355 e. The highest BCUT2D eigenvalue weighted by Crippen LogP contribution is 2.35. The van der Waals surface area contributed by atoms with Crippen LogP contribution in [0.15, 0.2) is 17.4 Å². The number of piperidine rings is 1. The molecule has 0 amide bonds. The fraction of sp³-hybridized carbons (Fsp3) is 0.789. The van der Waals surface area contributed by atoms with Crippen molar-refractivity contribution in [2.24, 2.45) is 12.0 Å². The molecule has 0 bridgehead atoms. The number of nitrogens with one attached hydrogen (secondary N) is 2. The van der Waals surface area contributed by atoms with E-state index in [4.69, 9.17) is 0 Å². The van der Waals surface area contributed by atoms with Gasteiger partial charge in [0.15, 0.2) is 5.96 Å². The summed E-state index contributed by atoms with van der Waals surface area (Å²) in [5.41, 5.74) is 1.50. The van der Waals surface area contributed by atoms with Crippen LogP contribution in [0.4, 0.5) is 0 Å². The molecule has 25 heavy (non-hydrogen) atoms. The average Bonchev–Trinajstić information content (AvgIpc) is 3.08. The third kappa shape index (κ3) is 4.75. The predicted molar refractivity (Wildman–Crippen MR) is 103 cm³/mol. The van der Waals surface area contributed by atoms with Gasteiger partial charge in [-0.2, -0.15) is 5.10 Å². The number of aromatic nitrogens is 2. The lowest BCUT2D eigenvalue weighted by molar-refractivity contribution is 0.0368. The molecule has 0 spiro atoms. The Hall–Kier alpha value is -1.56. The number of hydrogen-bond acceptors (Lipinski definition) is 3. The van der Waals surface area contributed by atoms with Crippen LogP contribution in [0.2, 0.25) is 0 Å². The van der Waals surface area contributed by atoms with Crippen LogP contribution in [0.25, 0.3) is 0 Å². The first-order chi connectivity index (χ1) is 12.2. The zero-order valence-corrected chi connectivity index (χ0v) is 15.9. The van der Waals surface area contributed by atoms with Gasteiger partial charge >= 0.3 is 0 Å². The molecule has 2 N–H and O–H groups in total. The number of nitrogens with zero attached hydrogens (tertiary/aromatic N) is 4. The Morgan fingerprint density at radius 2 is 1.84 bits per heavy atom. The number of rotatable bonds is 5. The molecule has 1 aromatic rings. The lowest BCUT2D eigenvalue weighted by atomic mass is 9.79. The van der Waals surface area contributed by atoms with E-state index in [-0.39, 0.29) is 0 Å². The summed E-state index contributed by atoms with van der Waals surface area (Å²) in [4.78, 5) is 7.19. The number of aryl methyl sites for hydroxylation is 1. The molecule has 2 aliphatic rings. The molecule has 2 heterocycles. The van der Waals surface area contributed by atoms with E-state index < -0.39 is 0 Å². The SMILES string of the molecule is CN=C(NCc1cnn(C)c1)NCC1(N2CCCCC2)CCCCC1. The Kier molecular flexibility index (Phi) is 6.34. The summed E-state index contributed by atoms with van der Waals surface area (Å²) in [7, 11) is 3.80. The van der Waals surface area contributed by atoms with Gasteiger partial charge in [0, 0.05) is 44.5 Å². The van der Waals surface area contributed by atoms with Crippen LogP contribution >= 0.6 is 0 Å². The Morgan fingerprint density at radius 1 is 1.12 bits per heavy atom. The summed E-state index contributed by atoms with van der Waals surface area (Å²) in [6, 6.07) is 0. The zero-order valence-electron chi connectivity index (χ0n) is 15.9. The van der Waals surface area contributed by atoms with Gasteiger partial charge in [0.25, 0.3) is 0 Å². The second-order valence-electron chi connectivity index (χ2n) is 7.63. The molecule has 6 heteroatoms. The van der Waals surface area contributed by atoms with Gasteiger partial charge in [-0.3, -0.25) is 14.6 Å². The zero-order chi connectivity index (χ0) is 17.5.